The van der Waals surface area contributed by atoms with Crippen LogP contribution in [0.3, 0.4) is 0 Å². The van der Waals surface area contributed by atoms with Gasteiger partial charge in [0.2, 0.25) is 0 Å². The Labute approximate surface area is 111 Å². The third kappa shape index (κ3) is 4.99. The molecule has 0 radical (unpaired) electrons. The zero-order chi connectivity index (χ0) is 13.5. The van der Waals surface area contributed by atoms with Crippen LogP contribution in [0.5, 0.6) is 11.5 Å². The van der Waals surface area contributed by atoms with Crippen molar-refractivity contribution in [2.75, 3.05) is 0 Å². The second-order valence-corrected chi connectivity index (χ2v) is 5.49. The number of phenolic OH excluding ortho intramolecular Hbond substituents is 2. The predicted molar refractivity (Wildman–Crippen MR) is 75.9 cm³/mol. The van der Waals surface area contributed by atoms with Crippen molar-refractivity contribution in [1.82, 2.24) is 0 Å². The summed E-state index contributed by atoms with van der Waals surface area (Å²) in [5, 5.41) is 18.8. The zero-order valence-corrected chi connectivity index (χ0v) is 11.8. The summed E-state index contributed by atoms with van der Waals surface area (Å²) in [6, 6.07) is 4.84. The summed E-state index contributed by atoms with van der Waals surface area (Å²) >= 11 is 0. The van der Waals surface area contributed by atoms with Gasteiger partial charge >= 0.3 is 0 Å². The molecular weight excluding hydrogens is 224 g/mol. The Morgan fingerprint density at radius 2 is 1.50 bits per heavy atom. The van der Waals surface area contributed by atoms with E-state index in [-0.39, 0.29) is 11.5 Å². The van der Waals surface area contributed by atoms with Crippen LogP contribution in [0.4, 0.5) is 0 Å². The summed E-state index contributed by atoms with van der Waals surface area (Å²) in [5.74, 6) is 1.83. The summed E-state index contributed by atoms with van der Waals surface area (Å²) in [4.78, 5) is 0. The minimum Gasteiger partial charge on any atom is -0.508 e. The van der Waals surface area contributed by atoms with Gasteiger partial charge in [0.15, 0.2) is 0 Å². The molecule has 18 heavy (non-hydrogen) atoms. The van der Waals surface area contributed by atoms with Crippen LogP contribution in [0, 0.1) is 11.8 Å². The molecule has 1 aromatic rings. The lowest BCUT2D eigenvalue weighted by atomic mass is 9.87. The molecule has 0 aliphatic heterocycles. The Bertz CT molecular complexity index is 340. The smallest absolute Gasteiger partial charge is 0.119 e. The summed E-state index contributed by atoms with van der Waals surface area (Å²) < 4.78 is 0. The third-order valence-electron chi connectivity index (χ3n) is 3.80. The average molecular weight is 250 g/mol. The van der Waals surface area contributed by atoms with Crippen molar-refractivity contribution in [2.45, 2.75) is 52.9 Å². The Balaban J connectivity index is 2.37. The fourth-order valence-corrected chi connectivity index (χ4v) is 2.45. The topological polar surface area (TPSA) is 40.5 Å². The van der Waals surface area contributed by atoms with Crippen molar-refractivity contribution >= 4 is 0 Å². The molecule has 2 atom stereocenters. The molecule has 0 aliphatic carbocycles. The molecule has 0 fully saturated rings. The molecule has 2 N–H and O–H groups in total. The van der Waals surface area contributed by atoms with Gasteiger partial charge in [-0.25, -0.2) is 0 Å². The average Bonchev–Trinajstić information content (AvgIpc) is 2.27. The molecule has 1 rings (SSSR count). The maximum Gasteiger partial charge on any atom is 0.119 e. The van der Waals surface area contributed by atoms with Crippen LogP contribution in [0.15, 0.2) is 18.2 Å². The van der Waals surface area contributed by atoms with Crippen molar-refractivity contribution in [3.05, 3.63) is 23.8 Å². The van der Waals surface area contributed by atoms with Gasteiger partial charge in [0.25, 0.3) is 0 Å². The van der Waals surface area contributed by atoms with Gasteiger partial charge in [-0.05, 0) is 42.4 Å². The first-order valence-corrected chi connectivity index (χ1v) is 7.04. The number of benzene rings is 1. The molecule has 0 saturated carbocycles. The third-order valence-corrected chi connectivity index (χ3v) is 3.80. The molecule has 0 saturated heterocycles. The maximum atomic E-state index is 9.40. The monoisotopic (exact) mass is 250 g/mol. The van der Waals surface area contributed by atoms with Crippen LogP contribution < -0.4 is 0 Å². The van der Waals surface area contributed by atoms with Gasteiger partial charge in [-0.15, -0.1) is 0 Å². The van der Waals surface area contributed by atoms with Gasteiger partial charge in [-0.1, -0.05) is 40.0 Å². The highest BCUT2D eigenvalue weighted by atomic mass is 16.3. The minimum atomic E-state index is 0.150. The van der Waals surface area contributed by atoms with Gasteiger partial charge in [0.1, 0.15) is 11.5 Å². The van der Waals surface area contributed by atoms with E-state index in [0.29, 0.717) is 0 Å². The van der Waals surface area contributed by atoms with Crippen molar-refractivity contribution in [3.63, 3.8) is 0 Å². The fraction of sp³-hybridized carbons (Fsp3) is 0.625. The van der Waals surface area contributed by atoms with E-state index < -0.39 is 0 Å². The van der Waals surface area contributed by atoms with E-state index in [1.54, 1.807) is 12.1 Å². The van der Waals surface area contributed by atoms with Crippen molar-refractivity contribution in [2.24, 2.45) is 11.8 Å². The normalized spacial score (nSPS) is 14.4. The predicted octanol–water partition coefficient (Wildman–Crippen LogP) is 4.49. The fourth-order valence-electron chi connectivity index (χ4n) is 2.45. The van der Waals surface area contributed by atoms with Crippen LogP contribution in [0.25, 0.3) is 0 Å². The molecule has 2 nitrogen and oxygen atoms in total. The van der Waals surface area contributed by atoms with Crippen molar-refractivity contribution in [1.29, 1.82) is 0 Å². The lowest BCUT2D eigenvalue weighted by Gasteiger charge is -2.19. The summed E-state index contributed by atoms with van der Waals surface area (Å²) in [7, 11) is 0. The first kappa shape index (κ1) is 14.9. The SMILES string of the molecule is CCCC(C)C(C)CCCc1cc(O)cc(O)c1. The Hall–Kier alpha value is -1.18. The first-order chi connectivity index (χ1) is 8.52. The number of phenols is 2. The summed E-state index contributed by atoms with van der Waals surface area (Å²) in [6.45, 7) is 6.88. The van der Waals surface area contributed by atoms with E-state index in [2.05, 4.69) is 20.8 Å². The van der Waals surface area contributed by atoms with Crippen LogP contribution in [-0.2, 0) is 6.42 Å². The Morgan fingerprint density at radius 3 is 2.06 bits per heavy atom. The van der Waals surface area contributed by atoms with Gasteiger partial charge in [-0.2, -0.15) is 0 Å². The van der Waals surface area contributed by atoms with E-state index in [9.17, 15) is 10.2 Å². The van der Waals surface area contributed by atoms with E-state index in [1.165, 1.54) is 25.3 Å². The lowest BCUT2D eigenvalue weighted by molar-refractivity contribution is 0.334. The van der Waals surface area contributed by atoms with Gasteiger partial charge < -0.3 is 10.2 Å². The molecular formula is C16H26O2. The summed E-state index contributed by atoms with van der Waals surface area (Å²) in [5.41, 5.74) is 1.02. The largest absolute Gasteiger partial charge is 0.508 e. The van der Waals surface area contributed by atoms with E-state index in [0.717, 1.165) is 30.2 Å². The Kier molecular flexibility index (Phi) is 6.03. The van der Waals surface area contributed by atoms with E-state index in [4.69, 9.17) is 0 Å². The molecule has 2 unspecified atom stereocenters. The lowest BCUT2D eigenvalue weighted by Crippen LogP contribution is -2.08. The van der Waals surface area contributed by atoms with Crippen molar-refractivity contribution in [3.8, 4) is 11.5 Å². The maximum absolute atomic E-state index is 9.40. The first-order valence-electron chi connectivity index (χ1n) is 7.04. The second kappa shape index (κ2) is 7.30. The van der Waals surface area contributed by atoms with Crippen LogP contribution >= 0.6 is 0 Å². The number of aryl methyl sites for hydroxylation is 1. The van der Waals surface area contributed by atoms with E-state index >= 15 is 0 Å². The second-order valence-electron chi connectivity index (χ2n) is 5.49. The van der Waals surface area contributed by atoms with Crippen LogP contribution in [0.2, 0.25) is 0 Å². The van der Waals surface area contributed by atoms with Crippen LogP contribution in [0.1, 0.15) is 52.0 Å². The molecule has 102 valence electrons. The summed E-state index contributed by atoms with van der Waals surface area (Å²) in [6.07, 6.45) is 5.79. The molecule has 0 aromatic heterocycles. The molecule has 0 bridgehead atoms. The van der Waals surface area contributed by atoms with Gasteiger partial charge in [0.05, 0.1) is 0 Å². The molecule has 0 aliphatic rings. The van der Waals surface area contributed by atoms with Gasteiger partial charge in [0, 0.05) is 6.07 Å². The minimum absolute atomic E-state index is 0.150. The standard InChI is InChI=1S/C16H26O2/c1-4-6-12(2)13(3)7-5-8-14-9-15(17)11-16(18)10-14/h9-13,17-18H,4-8H2,1-3H3. The highest BCUT2D eigenvalue weighted by Gasteiger charge is 2.11. The van der Waals surface area contributed by atoms with E-state index in [1.807, 2.05) is 0 Å². The molecule has 0 spiro atoms. The van der Waals surface area contributed by atoms with Crippen molar-refractivity contribution < 1.29 is 10.2 Å². The zero-order valence-electron chi connectivity index (χ0n) is 11.8. The molecule has 1 aromatic carbocycles. The number of hydrogen-bond donors (Lipinski definition) is 2. The molecule has 0 amide bonds. The number of hydrogen-bond acceptors (Lipinski definition) is 2. The van der Waals surface area contributed by atoms with Crippen LogP contribution in [-0.4, -0.2) is 10.2 Å². The molecule has 2 heteroatoms. The number of aromatic hydroxyl groups is 2. The number of rotatable bonds is 7. The Morgan fingerprint density at radius 1 is 0.944 bits per heavy atom. The highest BCUT2D eigenvalue weighted by molar-refractivity contribution is 5.36. The van der Waals surface area contributed by atoms with Gasteiger partial charge in [-0.3, -0.25) is 0 Å². The molecule has 0 heterocycles. The highest BCUT2D eigenvalue weighted by Crippen LogP contribution is 2.24. The quantitative estimate of drug-likeness (QED) is 0.748.